The van der Waals surface area contributed by atoms with Gasteiger partial charge in [-0.2, -0.15) is 0 Å². The molecule has 1 saturated heterocycles. The Balaban J connectivity index is 1.75. The highest BCUT2D eigenvalue weighted by Gasteiger charge is 2.21. The van der Waals surface area contributed by atoms with Crippen molar-refractivity contribution in [2.24, 2.45) is 0 Å². The molecular formula is C16H12ClFINO2S. The van der Waals surface area contributed by atoms with E-state index in [4.69, 9.17) is 16.3 Å². The van der Waals surface area contributed by atoms with Gasteiger partial charge in [-0.05, 0) is 59.0 Å². The maximum atomic E-state index is 13.2. The van der Waals surface area contributed by atoms with Crippen LogP contribution in [0.25, 0.3) is 0 Å². The second kappa shape index (κ2) is 7.38. The van der Waals surface area contributed by atoms with E-state index in [0.29, 0.717) is 16.5 Å². The second-order valence-electron chi connectivity index (χ2n) is 5.01. The van der Waals surface area contributed by atoms with E-state index < -0.39 is 5.82 Å². The van der Waals surface area contributed by atoms with Gasteiger partial charge in [0.1, 0.15) is 5.82 Å². The molecule has 7 heteroatoms. The summed E-state index contributed by atoms with van der Waals surface area (Å²) >= 11 is 9.70. The van der Waals surface area contributed by atoms with Gasteiger partial charge in [-0.3, -0.25) is 4.79 Å². The number of anilines is 1. The van der Waals surface area contributed by atoms with E-state index in [2.05, 4.69) is 27.9 Å². The molecule has 1 N–H and O–H groups in total. The zero-order chi connectivity index (χ0) is 16.4. The fourth-order valence-electron chi connectivity index (χ4n) is 1.97. The van der Waals surface area contributed by atoms with E-state index in [1.54, 1.807) is 17.8 Å². The van der Waals surface area contributed by atoms with Crippen LogP contribution in [-0.2, 0) is 4.74 Å². The number of benzene rings is 2. The quantitative estimate of drug-likeness (QED) is 0.660. The predicted molar refractivity (Wildman–Crippen MR) is 99.0 cm³/mol. The van der Waals surface area contributed by atoms with Crippen molar-refractivity contribution in [1.29, 1.82) is 0 Å². The number of halogens is 3. The molecule has 0 saturated carbocycles. The highest BCUT2D eigenvalue weighted by atomic mass is 127. The van der Waals surface area contributed by atoms with Crippen LogP contribution in [0, 0.1) is 9.39 Å². The third kappa shape index (κ3) is 4.17. The highest BCUT2D eigenvalue weighted by Crippen LogP contribution is 2.32. The molecule has 120 valence electrons. The number of hydrogen-bond acceptors (Lipinski definition) is 3. The van der Waals surface area contributed by atoms with Crippen molar-refractivity contribution >= 4 is 57.5 Å². The SMILES string of the molecule is O=C(Nc1ccc(F)c(Cl)c1)c1ccc(I)c(SC2COC2)c1. The van der Waals surface area contributed by atoms with E-state index in [9.17, 15) is 9.18 Å². The van der Waals surface area contributed by atoms with E-state index in [-0.39, 0.29) is 10.9 Å². The number of ether oxygens (including phenoxy) is 1. The van der Waals surface area contributed by atoms with Crippen LogP contribution in [0.4, 0.5) is 10.1 Å². The summed E-state index contributed by atoms with van der Waals surface area (Å²) in [4.78, 5) is 13.4. The van der Waals surface area contributed by atoms with Crippen LogP contribution in [0.15, 0.2) is 41.3 Å². The molecule has 1 heterocycles. The summed E-state index contributed by atoms with van der Waals surface area (Å²) in [7, 11) is 0. The summed E-state index contributed by atoms with van der Waals surface area (Å²) < 4.78 is 19.4. The first-order chi connectivity index (χ1) is 11.0. The summed E-state index contributed by atoms with van der Waals surface area (Å²) in [6, 6.07) is 9.64. The lowest BCUT2D eigenvalue weighted by Gasteiger charge is -2.25. The van der Waals surface area contributed by atoms with Crippen molar-refractivity contribution in [3.05, 3.63) is 56.4 Å². The average molecular weight is 464 g/mol. The Hall–Kier alpha value is -0.830. The molecule has 0 aliphatic carbocycles. The van der Waals surface area contributed by atoms with Gasteiger partial charge in [0.05, 0.1) is 23.5 Å². The minimum Gasteiger partial charge on any atom is -0.379 e. The molecular weight excluding hydrogens is 452 g/mol. The largest absolute Gasteiger partial charge is 0.379 e. The molecule has 2 aromatic rings. The van der Waals surface area contributed by atoms with Gasteiger partial charge in [0.2, 0.25) is 0 Å². The lowest BCUT2D eigenvalue weighted by atomic mass is 10.2. The fraction of sp³-hybridized carbons (Fsp3) is 0.188. The summed E-state index contributed by atoms with van der Waals surface area (Å²) in [5.41, 5.74) is 1.01. The Morgan fingerprint density at radius 3 is 2.74 bits per heavy atom. The topological polar surface area (TPSA) is 38.3 Å². The first kappa shape index (κ1) is 17.0. The van der Waals surface area contributed by atoms with Gasteiger partial charge in [-0.25, -0.2) is 4.39 Å². The van der Waals surface area contributed by atoms with E-state index in [0.717, 1.165) is 21.7 Å². The van der Waals surface area contributed by atoms with E-state index in [1.165, 1.54) is 18.2 Å². The van der Waals surface area contributed by atoms with Crippen LogP contribution in [-0.4, -0.2) is 24.4 Å². The summed E-state index contributed by atoms with van der Waals surface area (Å²) in [6.07, 6.45) is 0. The van der Waals surface area contributed by atoms with Crippen molar-refractivity contribution in [3.63, 3.8) is 0 Å². The molecule has 0 unspecified atom stereocenters. The predicted octanol–water partition coefficient (Wildman–Crippen LogP) is 4.83. The molecule has 0 spiro atoms. The zero-order valence-electron chi connectivity index (χ0n) is 11.8. The lowest BCUT2D eigenvalue weighted by Crippen LogP contribution is -2.30. The van der Waals surface area contributed by atoms with Crippen molar-refractivity contribution < 1.29 is 13.9 Å². The number of amides is 1. The van der Waals surface area contributed by atoms with E-state index >= 15 is 0 Å². The molecule has 1 aliphatic rings. The molecule has 3 nitrogen and oxygen atoms in total. The Labute approximate surface area is 156 Å². The van der Waals surface area contributed by atoms with Gasteiger partial charge in [0.25, 0.3) is 5.91 Å². The maximum absolute atomic E-state index is 13.2. The van der Waals surface area contributed by atoms with Crippen molar-refractivity contribution in [2.75, 3.05) is 18.5 Å². The van der Waals surface area contributed by atoms with Gasteiger partial charge in [0.15, 0.2) is 0 Å². The first-order valence-corrected chi connectivity index (χ1v) is 9.17. The monoisotopic (exact) mass is 463 g/mol. The molecule has 23 heavy (non-hydrogen) atoms. The summed E-state index contributed by atoms with van der Waals surface area (Å²) in [5, 5.41) is 3.15. The Kier molecular flexibility index (Phi) is 5.45. The molecule has 1 fully saturated rings. The van der Waals surface area contributed by atoms with Crippen LogP contribution >= 0.6 is 46.0 Å². The Bertz CT molecular complexity index is 755. The number of thioether (sulfide) groups is 1. The van der Waals surface area contributed by atoms with Crippen LogP contribution < -0.4 is 5.32 Å². The van der Waals surface area contributed by atoms with E-state index in [1.807, 2.05) is 12.1 Å². The van der Waals surface area contributed by atoms with Gasteiger partial charge < -0.3 is 10.1 Å². The molecule has 2 aromatic carbocycles. The molecule has 1 aliphatic heterocycles. The minimum absolute atomic E-state index is 0.0216. The van der Waals surface area contributed by atoms with Gasteiger partial charge in [-0.1, -0.05) is 11.6 Å². The molecule has 0 aromatic heterocycles. The summed E-state index contributed by atoms with van der Waals surface area (Å²) in [5.74, 6) is -0.767. The van der Waals surface area contributed by atoms with Crippen molar-refractivity contribution in [2.45, 2.75) is 10.1 Å². The van der Waals surface area contributed by atoms with Gasteiger partial charge >= 0.3 is 0 Å². The molecule has 3 rings (SSSR count). The van der Waals surface area contributed by atoms with Crippen LogP contribution in [0.5, 0.6) is 0 Å². The minimum atomic E-state index is -0.514. The normalized spacial score (nSPS) is 14.4. The van der Waals surface area contributed by atoms with Crippen LogP contribution in [0.1, 0.15) is 10.4 Å². The average Bonchev–Trinajstić information content (AvgIpc) is 2.48. The number of nitrogens with one attached hydrogen (secondary N) is 1. The van der Waals surface area contributed by atoms with Crippen LogP contribution in [0.2, 0.25) is 5.02 Å². The molecule has 0 radical (unpaired) electrons. The number of rotatable bonds is 4. The smallest absolute Gasteiger partial charge is 0.255 e. The number of carbonyl (C=O) groups is 1. The number of hydrogen-bond donors (Lipinski definition) is 1. The zero-order valence-corrected chi connectivity index (χ0v) is 15.5. The Morgan fingerprint density at radius 1 is 1.30 bits per heavy atom. The maximum Gasteiger partial charge on any atom is 0.255 e. The third-order valence-electron chi connectivity index (χ3n) is 3.27. The summed E-state index contributed by atoms with van der Waals surface area (Å²) in [6.45, 7) is 1.48. The highest BCUT2D eigenvalue weighted by molar-refractivity contribution is 14.1. The van der Waals surface area contributed by atoms with Crippen LogP contribution in [0.3, 0.4) is 0 Å². The Morgan fingerprint density at radius 2 is 2.09 bits per heavy atom. The molecule has 0 atom stereocenters. The second-order valence-corrected chi connectivity index (χ2v) is 7.92. The third-order valence-corrected chi connectivity index (χ3v) is 6.07. The first-order valence-electron chi connectivity index (χ1n) is 6.83. The molecule has 0 bridgehead atoms. The number of carbonyl (C=O) groups excluding carboxylic acids is 1. The van der Waals surface area contributed by atoms with Gasteiger partial charge in [-0.15, -0.1) is 11.8 Å². The fourth-order valence-corrected chi connectivity index (χ4v) is 3.93. The van der Waals surface area contributed by atoms with Gasteiger partial charge in [0, 0.05) is 19.7 Å². The van der Waals surface area contributed by atoms with Crippen molar-refractivity contribution in [1.82, 2.24) is 0 Å². The molecule has 1 amide bonds. The lowest BCUT2D eigenvalue weighted by molar-refractivity contribution is 0.0455. The standard InChI is InChI=1S/C16H12ClFINO2S/c17-12-6-10(2-3-13(12)18)20-16(21)9-1-4-14(19)15(5-9)23-11-7-22-8-11/h1-6,11H,7-8H2,(H,20,21). The van der Waals surface area contributed by atoms with Crippen molar-refractivity contribution in [3.8, 4) is 0 Å².